The minimum atomic E-state index is -4.57. The van der Waals surface area contributed by atoms with E-state index in [1.807, 2.05) is 0 Å². The van der Waals surface area contributed by atoms with Gasteiger partial charge in [-0.2, -0.15) is 13.2 Å². The number of hydrogen-bond acceptors (Lipinski definition) is 1. The van der Waals surface area contributed by atoms with Gasteiger partial charge in [-0.05, 0) is 23.8 Å². The van der Waals surface area contributed by atoms with E-state index in [-0.39, 0.29) is 12.2 Å². The van der Waals surface area contributed by atoms with Gasteiger partial charge >= 0.3 is 6.18 Å². The van der Waals surface area contributed by atoms with Crippen LogP contribution in [0.1, 0.15) is 11.1 Å². The Morgan fingerprint density at radius 1 is 1.20 bits per heavy atom. The van der Waals surface area contributed by atoms with Crippen molar-refractivity contribution in [3.8, 4) is 0 Å². The molecule has 0 radical (unpaired) electrons. The summed E-state index contributed by atoms with van der Waals surface area (Å²) in [6.07, 6.45) is -2.11. The van der Waals surface area contributed by atoms with Crippen LogP contribution in [0.25, 0.3) is 6.08 Å². The van der Waals surface area contributed by atoms with Crippen LogP contribution in [0.4, 0.5) is 17.6 Å². The molecule has 82 valence electrons. The number of alkyl halides is 3. The fraction of sp³-hybridized carbons (Fsp3) is 0.200. The van der Waals surface area contributed by atoms with Gasteiger partial charge in [0.15, 0.2) is 0 Å². The molecule has 0 saturated carbocycles. The lowest BCUT2D eigenvalue weighted by atomic mass is 10.1. The van der Waals surface area contributed by atoms with E-state index in [1.54, 1.807) is 0 Å². The highest BCUT2D eigenvalue weighted by Gasteiger charge is 2.31. The van der Waals surface area contributed by atoms with Crippen LogP contribution in [-0.4, -0.2) is 11.7 Å². The minimum absolute atomic E-state index is 0.0661. The molecule has 0 aliphatic rings. The van der Waals surface area contributed by atoms with E-state index in [2.05, 4.69) is 0 Å². The van der Waals surface area contributed by atoms with Crippen LogP contribution in [-0.2, 0) is 6.18 Å². The van der Waals surface area contributed by atoms with E-state index in [0.717, 1.165) is 12.1 Å². The van der Waals surface area contributed by atoms with E-state index < -0.39 is 17.6 Å². The zero-order valence-electron chi connectivity index (χ0n) is 7.55. The molecule has 0 aliphatic carbocycles. The first-order chi connectivity index (χ1) is 6.93. The van der Waals surface area contributed by atoms with Crippen molar-refractivity contribution < 1.29 is 22.7 Å². The number of halogens is 4. The van der Waals surface area contributed by atoms with E-state index in [4.69, 9.17) is 5.11 Å². The predicted octanol–water partition coefficient (Wildman–Crippen LogP) is 2.85. The Balaban J connectivity index is 3.11. The number of benzene rings is 1. The molecule has 15 heavy (non-hydrogen) atoms. The van der Waals surface area contributed by atoms with Gasteiger partial charge in [-0.1, -0.05) is 12.2 Å². The Labute approximate surface area is 83.7 Å². The van der Waals surface area contributed by atoms with Gasteiger partial charge in [-0.15, -0.1) is 0 Å². The summed E-state index contributed by atoms with van der Waals surface area (Å²) in [5.74, 6) is -0.956. The summed E-state index contributed by atoms with van der Waals surface area (Å²) in [5, 5.41) is 8.42. The van der Waals surface area contributed by atoms with Gasteiger partial charge in [0.1, 0.15) is 5.82 Å². The van der Waals surface area contributed by atoms with E-state index in [9.17, 15) is 17.6 Å². The second-order valence-corrected chi connectivity index (χ2v) is 2.86. The van der Waals surface area contributed by atoms with Crippen molar-refractivity contribution in [1.82, 2.24) is 0 Å². The van der Waals surface area contributed by atoms with Crippen LogP contribution in [0.2, 0.25) is 0 Å². The molecule has 0 unspecified atom stereocenters. The summed E-state index contributed by atoms with van der Waals surface area (Å²) in [6.45, 7) is -0.308. The summed E-state index contributed by atoms with van der Waals surface area (Å²) in [7, 11) is 0. The highest BCUT2D eigenvalue weighted by molar-refractivity contribution is 5.51. The van der Waals surface area contributed by atoms with Gasteiger partial charge in [0.05, 0.1) is 12.2 Å². The Kier molecular flexibility index (Phi) is 3.47. The molecule has 0 bridgehead atoms. The number of rotatable bonds is 2. The van der Waals surface area contributed by atoms with Crippen molar-refractivity contribution in [2.24, 2.45) is 0 Å². The number of aliphatic hydroxyl groups is 1. The molecule has 1 rings (SSSR count). The fourth-order valence-electron chi connectivity index (χ4n) is 1.06. The minimum Gasteiger partial charge on any atom is -0.392 e. The molecule has 1 aromatic rings. The monoisotopic (exact) mass is 220 g/mol. The summed E-state index contributed by atoms with van der Waals surface area (Å²) in [4.78, 5) is 0. The average molecular weight is 220 g/mol. The van der Waals surface area contributed by atoms with Crippen molar-refractivity contribution in [3.63, 3.8) is 0 Å². The highest BCUT2D eigenvalue weighted by Crippen LogP contribution is 2.30. The lowest BCUT2D eigenvalue weighted by molar-refractivity contribution is -0.137. The molecule has 1 N–H and O–H groups in total. The van der Waals surface area contributed by atoms with Gasteiger partial charge < -0.3 is 5.11 Å². The Bertz CT molecular complexity index is 368. The molecule has 0 aliphatic heterocycles. The first kappa shape index (κ1) is 11.7. The maximum Gasteiger partial charge on any atom is 0.416 e. The molecule has 0 aromatic heterocycles. The molecular formula is C10H8F4O. The van der Waals surface area contributed by atoms with Crippen LogP contribution in [0.3, 0.4) is 0 Å². The summed E-state index contributed by atoms with van der Waals surface area (Å²) >= 11 is 0. The topological polar surface area (TPSA) is 20.2 Å². The maximum atomic E-state index is 12.8. The molecule has 0 fully saturated rings. The summed E-state index contributed by atoms with van der Waals surface area (Å²) in [5.41, 5.74) is -0.975. The highest BCUT2D eigenvalue weighted by atomic mass is 19.4. The second kappa shape index (κ2) is 4.44. The standard InChI is InChI=1S/C10H8F4O/c11-9-5-7(2-1-3-15)4-8(6-9)10(12,13)14/h1-2,4-6,15H,3H2. The Morgan fingerprint density at radius 3 is 2.40 bits per heavy atom. The largest absolute Gasteiger partial charge is 0.416 e. The molecule has 1 aromatic carbocycles. The van der Waals surface area contributed by atoms with Crippen LogP contribution in [0, 0.1) is 5.82 Å². The van der Waals surface area contributed by atoms with Gasteiger partial charge in [-0.3, -0.25) is 0 Å². The molecule has 0 saturated heterocycles. The van der Waals surface area contributed by atoms with E-state index >= 15 is 0 Å². The smallest absolute Gasteiger partial charge is 0.392 e. The molecule has 5 heteroatoms. The van der Waals surface area contributed by atoms with Crippen LogP contribution in [0.5, 0.6) is 0 Å². The fourth-order valence-corrected chi connectivity index (χ4v) is 1.06. The first-order valence-corrected chi connectivity index (χ1v) is 4.08. The normalized spacial score (nSPS) is 12.3. The average Bonchev–Trinajstić information content (AvgIpc) is 2.12. The van der Waals surface area contributed by atoms with Gasteiger partial charge in [0, 0.05) is 0 Å². The van der Waals surface area contributed by atoms with Gasteiger partial charge in [0.25, 0.3) is 0 Å². The van der Waals surface area contributed by atoms with Crippen LogP contribution in [0.15, 0.2) is 24.3 Å². The van der Waals surface area contributed by atoms with Crippen LogP contribution >= 0.6 is 0 Å². The van der Waals surface area contributed by atoms with Gasteiger partial charge in [0.2, 0.25) is 0 Å². The van der Waals surface area contributed by atoms with Gasteiger partial charge in [-0.25, -0.2) is 4.39 Å². The van der Waals surface area contributed by atoms with Crippen molar-refractivity contribution in [3.05, 3.63) is 41.2 Å². The SMILES string of the molecule is OCC=Cc1cc(F)cc(C(F)(F)F)c1. The quantitative estimate of drug-likeness (QED) is 0.760. The zero-order chi connectivity index (χ0) is 11.5. The number of hydrogen-bond donors (Lipinski definition) is 1. The molecule has 1 nitrogen and oxygen atoms in total. The van der Waals surface area contributed by atoms with Crippen molar-refractivity contribution in [2.75, 3.05) is 6.61 Å². The summed E-state index contributed by atoms with van der Waals surface area (Å²) < 4.78 is 49.5. The number of aliphatic hydroxyl groups excluding tert-OH is 1. The lowest BCUT2D eigenvalue weighted by Crippen LogP contribution is -2.05. The maximum absolute atomic E-state index is 12.8. The van der Waals surface area contributed by atoms with Crippen molar-refractivity contribution in [1.29, 1.82) is 0 Å². The Morgan fingerprint density at radius 2 is 1.87 bits per heavy atom. The second-order valence-electron chi connectivity index (χ2n) is 2.86. The Hall–Kier alpha value is -1.36. The third kappa shape index (κ3) is 3.36. The van der Waals surface area contributed by atoms with Crippen molar-refractivity contribution in [2.45, 2.75) is 6.18 Å². The third-order valence-corrected chi connectivity index (χ3v) is 1.66. The zero-order valence-corrected chi connectivity index (χ0v) is 7.55. The lowest BCUT2D eigenvalue weighted by Gasteiger charge is -2.07. The first-order valence-electron chi connectivity index (χ1n) is 4.08. The molecule has 0 spiro atoms. The molecule has 0 amide bonds. The molecule has 0 heterocycles. The summed E-state index contributed by atoms with van der Waals surface area (Å²) in [6, 6.07) is 2.20. The van der Waals surface area contributed by atoms with Crippen LogP contribution < -0.4 is 0 Å². The van der Waals surface area contributed by atoms with E-state index in [1.165, 1.54) is 12.2 Å². The van der Waals surface area contributed by atoms with E-state index in [0.29, 0.717) is 6.07 Å². The van der Waals surface area contributed by atoms with Crippen molar-refractivity contribution >= 4 is 6.08 Å². The third-order valence-electron chi connectivity index (χ3n) is 1.66. The molecule has 0 atom stereocenters. The molecular weight excluding hydrogens is 212 g/mol. The predicted molar refractivity (Wildman–Crippen MR) is 47.5 cm³/mol.